The summed E-state index contributed by atoms with van der Waals surface area (Å²) in [6.07, 6.45) is 0. The molecule has 0 spiro atoms. The van der Waals surface area contributed by atoms with E-state index in [1.807, 2.05) is 24.3 Å². The molecule has 3 rings (SSSR count). The second kappa shape index (κ2) is 6.40. The quantitative estimate of drug-likeness (QED) is 0.514. The van der Waals surface area contributed by atoms with Gasteiger partial charge in [0.25, 0.3) is 0 Å². The van der Waals surface area contributed by atoms with Gasteiger partial charge < -0.3 is 10.0 Å². The Hall–Kier alpha value is -2.01. The number of hydrogen-bond acceptors (Lipinski definition) is 3. The average molecular weight is 306 g/mol. The topological polar surface area (TPSA) is 40.5 Å². The molecule has 3 aromatic carbocycles. The number of rotatable bonds is 3. The van der Waals surface area contributed by atoms with E-state index in [4.69, 9.17) is 10.0 Å². The summed E-state index contributed by atoms with van der Waals surface area (Å²) in [6, 6.07) is 23.6. The lowest BCUT2D eigenvalue weighted by atomic mass is 9.80. The molecular formula is C18H15BO2S. The van der Waals surface area contributed by atoms with Crippen LogP contribution in [0.3, 0.4) is 0 Å². The lowest BCUT2D eigenvalue weighted by molar-refractivity contribution is 0.426. The van der Waals surface area contributed by atoms with Gasteiger partial charge in [0.15, 0.2) is 0 Å². The van der Waals surface area contributed by atoms with Gasteiger partial charge in [-0.25, -0.2) is 0 Å². The first-order valence-electron chi connectivity index (χ1n) is 6.99. The molecule has 0 aromatic heterocycles. The normalized spacial score (nSPS) is 10.5. The molecule has 0 atom stereocenters. The molecule has 0 saturated heterocycles. The van der Waals surface area contributed by atoms with Crippen molar-refractivity contribution in [1.82, 2.24) is 0 Å². The lowest BCUT2D eigenvalue weighted by Gasteiger charge is -2.06. The van der Waals surface area contributed by atoms with E-state index in [9.17, 15) is 0 Å². The Kier molecular flexibility index (Phi) is 4.34. The molecule has 0 unspecified atom stereocenters. The Morgan fingerprint density at radius 2 is 0.864 bits per heavy atom. The summed E-state index contributed by atoms with van der Waals surface area (Å²) in [5.74, 6) is 0. The van der Waals surface area contributed by atoms with E-state index in [1.54, 1.807) is 12.1 Å². The van der Waals surface area contributed by atoms with Gasteiger partial charge in [0, 0.05) is 4.90 Å². The van der Waals surface area contributed by atoms with Crippen LogP contribution in [0.5, 0.6) is 0 Å². The van der Waals surface area contributed by atoms with Crippen LogP contribution in [0.2, 0.25) is 0 Å². The molecule has 0 amide bonds. The van der Waals surface area contributed by atoms with Crippen molar-refractivity contribution in [2.75, 3.05) is 0 Å². The zero-order chi connectivity index (χ0) is 15.5. The van der Waals surface area contributed by atoms with Gasteiger partial charge in [-0.2, -0.15) is 0 Å². The van der Waals surface area contributed by atoms with Gasteiger partial charge in [0.05, 0.1) is 0 Å². The first-order chi connectivity index (χ1) is 10.6. The van der Waals surface area contributed by atoms with Gasteiger partial charge in [-0.1, -0.05) is 60.7 Å². The zero-order valence-corrected chi connectivity index (χ0v) is 12.7. The minimum atomic E-state index is -1.42. The van der Waals surface area contributed by atoms with Crippen LogP contribution in [-0.2, 0) is 0 Å². The molecular weight excluding hydrogens is 291 g/mol. The van der Waals surface area contributed by atoms with Crippen molar-refractivity contribution >= 4 is 25.2 Å². The van der Waals surface area contributed by atoms with E-state index in [0.29, 0.717) is 5.46 Å². The van der Waals surface area contributed by atoms with E-state index < -0.39 is 7.12 Å². The Morgan fingerprint density at radius 1 is 0.545 bits per heavy atom. The first-order valence-corrected chi connectivity index (χ1v) is 7.44. The van der Waals surface area contributed by atoms with Crippen molar-refractivity contribution in [3.05, 3.63) is 72.8 Å². The molecule has 22 heavy (non-hydrogen) atoms. The summed E-state index contributed by atoms with van der Waals surface area (Å²) in [5.41, 5.74) is 4.94. The molecule has 0 fully saturated rings. The van der Waals surface area contributed by atoms with Gasteiger partial charge in [-0.15, -0.1) is 12.6 Å². The Morgan fingerprint density at radius 3 is 1.23 bits per heavy atom. The fraction of sp³-hybridized carbons (Fsp3) is 0. The maximum absolute atomic E-state index is 9.12. The lowest BCUT2D eigenvalue weighted by Crippen LogP contribution is -2.29. The highest BCUT2D eigenvalue weighted by Gasteiger charge is 2.10. The molecule has 0 aliphatic rings. The van der Waals surface area contributed by atoms with Crippen LogP contribution < -0.4 is 5.46 Å². The van der Waals surface area contributed by atoms with Gasteiger partial charge in [-0.3, -0.25) is 0 Å². The summed E-state index contributed by atoms with van der Waals surface area (Å²) in [7, 11) is -1.42. The van der Waals surface area contributed by atoms with E-state index >= 15 is 0 Å². The Labute approximate surface area is 135 Å². The van der Waals surface area contributed by atoms with E-state index in [-0.39, 0.29) is 0 Å². The van der Waals surface area contributed by atoms with Gasteiger partial charge in [0.1, 0.15) is 0 Å². The van der Waals surface area contributed by atoms with E-state index in [2.05, 4.69) is 49.0 Å². The fourth-order valence-corrected chi connectivity index (χ4v) is 2.51. The Balaban J connectivity index is 1.86. The summed E-state index contributed by atoms with van der Waals surface area (Å²) in [5, 5.41) is 18.2. The minimum absolute atomic E-state index is 0.493. The molecule has 0 aliphatic heterocycles. The van der Waals surface area contributed by atoms with E-state index in [0.717, 1.165) is 27.1 Å². The number of thiol groups is 1. The highest BCUT2D eigenvalue weighted by atomic mass is 32.1. The molecule has 2 nitrogen and oxygen atoms in total. The SMILES string of the molecule is OB(O)c1ccc(-c2ccc(-c3ccc(S)cc3)cc2)cc1. The first kappa shape index (κ1) is 14.9. The third kappa shape index (κ3) is 3.25. The maximum Gasteiger partial charge on any atom is 0.488 e. The summed E-state index contributed by atoms with van der Waals surface area (Å²) in [6.45, 7) is 0. The fourth-order valence-electron chi connectivity index (χ4n) is 2.36. The van der Waals surface area contributed by atoms with Crippen LogP contribution >= 0.6 is 12.6 Å². The molecule has 0 radical (unpaired) electrons. The maximum atomic E-state index is 9.12. The van der Waals surface area contributed by atoms with Crippen LogP contribution in [0.4, 0.5) is 0 Å². The smallest absolute Gasteiger partial charge is 0.423 e. The minimum Gasteiger partial charge on any atom is -0.423 e. The molecule has 0 bridgehead atoms. The van der Waals surface area contributed by atoms with Crippen LogP contribution in [0.25, 0.3) is 22.3 Å². The third-order valence-corrected chi connectivity index (χ3v) is 3.93. The molecule has 4 heteroatoms. The predicted molar refractivity (Wildman–Crippen MR) is 94.4 cm³/mol. The van der Waals surface area contributed by atoms with Crippen LogP contribution in [-0.4, -0.2) is 17.2 Å². The summed E-state index contributed by atoms with van der Waals surface area (Å²) in [4.78, 5) is 0.950. The van der Waals surface area contributed by atoms with Crippen molar-refractivity contribution in [1.29, 1.82) is 0 Å². The average Bonchev–Trinajstić information content (AvgIpc) is 2.56. The van der Waals surface area contributed by atoms with Crippen molar-refractivity contribution in [3.63, 3.8) is 0 Å². The highest BCUT2D eigenvalue weighted by molar-refractivity contribution is 7.80. The molecule has 2 N–H and O–H groups in total. The van der Waals surface area contributed by atoms with Gasteiger partial charge >= 0.3 is 7.12 Å². The van der Waals surface area contributed by atoms with Crippen LogP contribution in [0, 0.1) is 0 Å². The van der Waals surface area contributed by atoms with Crippen molar-refractivity contribution in [2.45, 2.75) is 4.90 Å². The van der Waals surface area contributed by atoms with Gasteiger partial charge in [-0.05, 0) is 39.8 Å². The van der Waals surface area contributed by atoms with Crippen molar-refractivity contribution in [3.8, 4) is 22.3 Å². The number of benzene rings is 3. The molecule has 3 aromatic rings. The predicted octanol–water partition coefficient (Wildman–Crippen LogP) is 2.99. The van der Waals surface area contributed by atoms with Gasteiger partial charge in [0.2, 0.25) is 0 Å². The second-order valence-electron chi connectivity index (χ2n) is 5.12. The third-order valence-electron chi connectivity index (χ3n) is 3.63. The number of hydrogen-bond donors (Lipinski definition) is 3. The Bertz CT molecular complexity index is 751. The van der Waals surface area contributed by atoms with Crippen molar-refractivity contribution < 1.29 is 10.0 Å². The van der Waals surface area contributed by atoms with Crippen LogP contribution in [0.1, 0.15) is 0 Å². The van der Waals surface area contributed by atoms with Crippen LogP contribution in [0.15, 0.2) is 77.7 Å². The molecule has 108 valence electrons. The summed E-state index contributed by atoms with van der Waals surface area (Å²) < 4.78 is 0. The standard InChI is InChI=1S/C18H15BO2S/c20-19(21)17-9-5-15(6-10-17)13-1-3-14(4-2-13)16-7-11-18(22)12-8-16/h1-12,20-22H. The molecule has 0 saturated carbocycles. The van der Waals surface area contributed by atoms with Crippen molar-refractivity contribution in [2.24, 2.45) is 0 Å². The van der Waals surface area contributed by atoms with E-state index in [1.165, 1.54) is 0 Å². The molecule has 0 heterocycles. The monoisotopic (exact) mass is 306 g/mol. The summed E-state index contributed by atoms with van der Waals surface area (Å²) >= 11 is 4.30. The molecule has 0 aliphatic carbocycles. The largest absolute Gasteiger partial charge is 0.488 e. The zero-order valence-electron chi connectivity index (χ0n) is 11.8. The highest BCUT2D eigenvalue weighted by Crippen LogP contribution is 2.25. The second-order valence-corrected chi connectivity index (χ2v) is 5.64.